The number of pyridine rings is 1. The van der Waals surface area contributed by atoms with Gasteiger partial charge in [0.1, 0.15) is 40.8 Å². The number of fused-ring (bicyclic) bond motifs is 8. The van der Waals surface area contributed by atoms with Crippen LogP contribution in [0, 0.1) is 41.6 Å². The van der Waals surface area contributed by atoms with Crippen LogP contribution in [0.25, 0.3) is 39.0 Å². The zero-order valence-corrected chi connectivity index (χ0v) is 34.4. The second kappa shape index (κ2) is 14.7. The molecule has 2 aromatic carbocycles. The van der Waals surface area contributed by atoms with Crippen molar-refractivity contribution in [3.05, 3.63) is 78.0 Å². The number of nitrogens with zero attached hydrogens (tertiary/aromatic N) is 12. The summed E-state index contributed by atoms with van der Waals surface area (Å²) < 4.78 is 54.2. The third-order valence-corrected chi connectivity index (χ3v) is 13.6. The summed E-state index contributed by atoms with van der Waals surface area (Å²) in [5, 5.41) is 18.1. The number of carbonyl (C=O) groups excluding carboxylic acids is 1. The fraction of sp³-hybridized carbons (Fsp3) is 0.432. The largest absolute Gasteiger partial charge is 0.378 e. The van der Waals surface area contributed by atoms with E-state index in [4.69, 9.17) is 24.7 Å². The fourth-order valence-electron chi connectivity index (χ4n) is 10.5. The van der Waals surface area contributed by atoms with Crippen LogP contribution in [0.15, 0.2) is 54.7 Å². The lowest BCUT2D eigenvalue weighted by Gasteiger charge is -2.58. The Balaban J connectivity index is 1.01. The van der Waals surface area contributed by atoms with Gasteiger partial charge in [-0.25, -0.2) is 27.8 Å². The number of nitriles is 1. The van der Waals surface area contributed by atoms with Gasteiger partial charge >= 0.3 is 0 Å². The lowest BCUT2D eigenvalue weighted by Crippen LogP contribution is -2.67. The number of rotatable bonds is 5. The van der Waals surface area contributed by atoms with E-state index < -0.39 is 29.6 Å². The molecule has 12 rings (SSSR count). The van der Waals surface area contributed by atoms with Crippen LogP contribution < -0.4 is 15.1 Å². The smallest absolute Gasteiger partial charge is 0.245 e. The molecule has 318 valence electrons. The van der Waals surface area contributed by atoms with E-state index in [2.05, 4.69) is 26.3 Å². The van der Waals surface area contributed by atoms with Crippen molar-refractivity contribution in [1.82, 2.24) is 44.1 Å². The number of aryl methyl sites for hydroxylation is 1. The number of hydrogen-bond donors (Lipinski definition) is 1. The average Bonchev–Trinajstić information content (AvgIpc) is 3.94. The first kappa shape index (κ1) is 38.6. The van der Waals surface area contributed by atoms with Crippen molar-refractivity contribution in [2.24, 2.45) is 5.92 Å². The van der Waals surface area contributed by atoms with Gasteiger partial charge in [0, 0.05) is 82.2 Å². The lowest BCUT2D eigenvalue weighted by molar-refractivity contribution is -0.132. The summed E-state index contributed by atoms with van der Waals surface area (Å²) in [6.45, 7) is 4.36. The number of hydrogen-bond acceptors (Lipinski definition) is 12. The second-order valence-electron chi connectivity index (χ2n) is 17.4. The first-order valence-electron chi connectivity index (χ1n) is 21.1. The van der Waals surface area contributed by atoms with Crippen molar-refractivity contribution in [3.8, 4) is 23.0 Å². The third-order valence-electron chi connectivity index (χ3n) is 13.6. The fourth-order valence-corrected chi connectivity index (χ4v) is 10.5. The van der Waals surface area contributed by atoms with Crippen molar-refractivity contribution >= 4 is 45.6 Å². The number of piperidine rings is 1. The summed E-state index contributed by atoms with van der Waals surface area (Å²) in [5.41, 5.74) is 2.75. The van der Waals surface area contributed by atoms with Crippen molar-refractivity contribution in [3.63, 3.8) is 0 Å². The Bertz CT molecular complexity index is 2810. The molecule has 6 aliphatic rings. The van der Waals surface area contributed by atoms with E-state index in [9.17, 15) is 14.4 Å². The molecular weight excluding hydrogens is 800 g/mol. The van der Waals surface area contributed by atoms with E-state index in [1.807, 2.05) is 34.6 Å². The number of imidazole rings is 1. The number of likely N-dealkylation sites (tertiary alicyclic amines) is 1. The number of halogens is 3. The van der Waals surface area contributed by atoms with E-state index in [0.717, 1.165) is 43.9 Å². The maximum absolute atomic E-state index is 15.5. The highest BCUT2D eigenvalue weighted by Gasteiger charge is 2.50. The van der Waals surface area contributed by atoms with E-state index in [1.165, 1.54) is 28.9 Å². The summed E-state index contributed by atoms with van der Waals surface area (Å²) in [6.07, 6.45) is 4.28. The third kappa shape index (κ3) is 6.31. The highest BCUT2D eigenvalue weighted by Crippen LogP contribution is 2.45. The number of anilines is 3. The minimum atomic E-state index is -0.793. The minimum absolute atomic E-state index is 0.0314. The second-order valence-corrected chi connectivity index (χ2v) is 17.4. The molecule has 4 aromatic heterocycles. The standard InChI is InChI=1S/C44H44F3N13O2/c1-23-50-36-11-26(46)9-32-35-5-4-6-39(52-35)51-27-12-38(43(61)55(2)21-31(62-3)22-57(23)40(32)36)58(20-27)41-33-17-49-60(37-8-7-25(45)10-34(37)47)42(33)54-44(53-41)59-29-13-28(14-30(59)15-29)56-18-24(16-48)19-56/h4-11,17,24,27-31,38H,12-15,18-22H2,1-3H3,(H,51,52)/t27?,28?,29?,30?,31-,38-/m0/s1. The Hall–Kier alpha value is -6.32. The van der Waals surface area contributed by atoms with Gasteiger partial charge in [-0.2, -0.15) is 20.3 Å². The van der Waals surface area contributed by atoms with Gasteiger partial charge in [-0.15, -0.1) is 0 Å². The topological polar surface area (TPSA) is 149 Å². The maximum Gasteiger partial charge on any atom is 0.245 e. The number of methoxy groups -OCH3 is 1. The molecule has 0 spiro atoms. The Morgan fingerprint density at radius 1 is 0.887 bits per heavy atom. The summed E-state index contributed by atoms with van der Waals surface area (Å²) in [6, 6.07) is 13.9. The number of ether oxygens (including phenoxy) is 1. The van der Waals surface area contributed by atoms with Crippen LogP contribution in [-0.4, -0.2) is 127 Å². The first-order valence-corrected chi connectivity index (χ1v) is 21.1. The van der Waals surface area contributed by atoms with E-state index >= 15 is 8.78 Å². The molecule has 6 bridgehead atoms. The van der Waals surface area contributed by atoms with E-state index in [0.29, 0.717) is 76.8 Å². The molecule has 3 unspecified atom stereocenters. The van der Waals surface area contributed by atoms with E-state index in [-0.39, 0.29) is 42.2 Å². The molecule has 1 aliphatic carbocycles. The van der Waals surface area contributed by atoms with Gasteiger partial charge in [-0.1, -0.05) is 6.07 Å². The van der Waals surface area contributed by atoms with Crippen LogP contribution in [0.5, 0.6) is 0 Å². The SMILES string of the molecule is CO[C@H]1CN(C)C(=O)[C@@H]2CC(CN2c2nc(N3C4CC(N5CC(C#N)C5)CC3C4)nc3c2cnn3-c2ccc(F)cc2F)Nc2cccc(n2)-c2cc(F)cc3nc(C)n(c23)C1. The minimum Gasteiger partial charge on any atom is -0.378 e. The number of nitrogens with one attached hydrogen (secondary N) is 1. The molecule has 1 N–H and O–H groups in total. The van der Waals surface area contributed by atoms with Crippen LogP contribution in [-0.2, 0) is 16.1 Å². The summed E-state index contributed by atoms with van der Waals surface area (Å²) in [4.78, 5) is 43.2. The summed E-state index contributed by atoms with van der Waals surface area (Å²) >= 11 is 0. The number of likely N-dealkylation sites (N-methyl/N-ethyl adjacent to an activating group) is 1. The van der Waals surface area contributed by atoms with E-state index in [1.54, 1.807) is 25.3 Å². The van der Waals surface area contributed by atoms with Gasteiger partial charge in [-0.05, 0) is 62.9 Å². The number of amides is 1. The van der Waals surface area contributed by atoms with Crippen molar-refractivity contribution in [2.75, 3.05) is 55.5 Å². The predicted molar refractivity (Wildman–Crippen MR) is 224 cm³/mol. The zero-order chi connectivity index (χ0) is 42.6. The zero-order valence-electron chi connectivity index (χ0n) is 34.4. The molecule has 15 nitrogen and oxygen atoms in total. The lowest BCUT2D eigenvalue weighted by atomic mass is 9.75. The molecule has 62 heavy (non-hydrogen) atoms. The highest BCUT2D eigenvalue weighted by molar-refractivity contribution is 5.94. The first-order chi connectivity index (χ1) is 30.0. The highest BCUT2D eigenvalue weighted by atomic mass is 19.1. The maximum atomic E-state index is 15.5. The Morgan fingerprint density at radius 2 is 1.69 bits per heavy atom. The summed E-state index contributed by atoms with van der Waals surface area (Å²) in [7, 11) is 3.38. The molecule has 1 amide bonds. The molecule has 5 fully saturated rings. The van der Waals surface area contributed by atoms with Crippen molar-refractivity contribution < 1.29 is 22.7 Å². The van der Waals surface area contributed by atoms with Crippen LogP contribution in [0.1, 0.15) is 31.5 Å². The van der Waals surface area contributed by atoms with Crippen LogP contribution in [0.2, 0.25) is 0 Å². The van der Waals surface area contributed by atoms with Crippen molar-refractivity contribution in [2.45, 2.75) is 75.5 Å². The van der Waals surface area contributed by atoms with Crippen LogP contribution >= 0.6 is 0 Å². The molecule has 1 saturated carbocycles. The van der Waals surface area contributed by atoms with Gasteiger partial charge in [-0.3, -0.25) is 9.69 Å². The molecule has 5 aliphatic heterocycles. The van der Waals surface area contributed by atoms with Crippen molar-refractivity contribution in [1.29, 1.82) is 5.26 Å². The Kier molecular flexibility index (Phi) is 9.12. The molecule has 18 heteroatoms. The molecule has 9 heterocycles. The van der Waals surface area contributed by atoms with Gasteiger partial charge in [0.15, 0.2) is 11.5 Å². The van der Waals surface area contributed by atoms with Gasteiger partial charge in [0.05, 0.1) is 52.9 Å². The normalized spacial score (nSPS) is 25.3. The molecule has 0 radical (unpaired) electrons. The average molecular weight is 844 g/mol. The molecule has 5 atom stereocenters. The van der Waals surface area contributed by atoms with Crippen LogP contribution in [0.3, 0.4) is 0 Å². The number of benzene rings is 2. The Morgan fingerprint density at radius 3 is 2.47 bits per heavy atom. The molecule has 6 aromatic rings. The number of carbonyl (C=O) groups is 1. The predicted octanol–water partition coefficient (Wildman–Crippen LogP) is 5.06. The monoisotopic (exact) mass is 843 g/mol. The molecule has 4 saturated heterocycles. The number of aromatic nitrogens is 7. The van der Waals surface area contributed by atoms with Crippen LogP contribution in [0.4, 0.5) is 30.8 Å². The summed E-state index contributed by atoms with van der Waals surface area (Å²) in [5.74, 6) is 0.147. The quantitative estimate of drug-likeness (QED) is 0.247. The van der Waals surface area contributed by atoms with Gasteiger partial charge in [0.25, 0.3) is 0 Å². The Labute approximate surface area is 354 Å². The van der Waals surface area contributed by atoms with Gasteiger partial charge in [0.2, 0.25) is 11.9 Å². The molecular formula is C44H44F3N13O2. The van der Waals surface area contributed by atoms with Gasteiger partial charge < -0.3 is 29.3 Å².